The van der Waals surface area contributed by atoms with Crippen LogP contribution in [0, 0.1) is 5.92 Å². The quantitative estimate of drug-likeness (QED) is 0.721. The number of amides is 3. The minimum Gasteiger partial charge on any atom is -0.348 e. The average molecular weight is 359 g/mol. The molecule has 6 heteroatoms. The second-order valence-corrected chi connectivity index (χ2v) is 7.63. The Labute approximate surface area is 155 Å². The summed E-state index contributed by atoms with van der Waals surface area (Å²) in [6, 6.07) is 7.20. The minimum absolute atomic E-state index is 0.0945. The van der Waals surface area contributed by atoms with E-state index in [9.17, 15) is 14.4 Å². The molecule has 2 rings (SSSR count). The van der Waals surface area contributed by atoms with Crippen molar-refractivity contribution in [1.29, 1.82) is 0 Å². The summed E-state index contributed by atoms with van der Waals surface area (Å²) >= 11 is 0. The van der Waals surface area contributed by atoms with Crippen LogP contribution in [0.3, 0.4) is 0 Å². The third-order valence-corrected chi connectivity index (χ3v) is 4.39. The van der Waals surface area contributed by atoms with Crippen LogP contribution < -0.4 is 5.32 Å². The van der Waals surface area contributed by atoms with Gasteiger partial charge in [-0.1, -0.05) is 26.0 Å². The van der Waals surface area contributed by atoms with Gasteiger partial charge < -0.3 is 10.2 Å². The number of likely N-dealkylation sites (tertiary alicyclic amines) is 1. The molecule has 1 unspecified atom stereocenters. The van der Waals surface area contributed by atoms with Crippen molar-refractivity contribution in [3.63, 3.8) is 0 Å². The lowest BCUT2D eigenvalue weighted by Gasteiger charge is -2.24. The molecule has 0 bridgehead atoms. The number of hydrogen-bond donors (Lipinski definition) is 1. The van der Waals surface area contributed by atoms with Crippen LogP contribution >= 0.6 is 0 Å². The number of likely N-dealkylation sites (N-methyl/N-ethyl adjacent to an activating group) is 1. The molecule has 1 N–H and O–H groups in total. The van der Waals surface area contributed by atoms with Gasteiger partial charge in [0.15, 0.2) is 0 Å². The molecule has 0 radical (unpaired) electrons. The van der Waals surface area contributed by atoms with Crippen LogP contribution in [0.15, 0.2) is 24.3 Å². The molecular formula is C20H29N3O3. The van der Waals surface area contributed by atoms with E-state index in [0.717, 1.165) is 18.5 Å². The summed E-state index contributed by atoms with van der Waals surface area (Å²) in [6.07, 6.45) is 1.51. The molecule has 0 saturated carbocycles. The number of rotatable bonds is 8. The summed E-state index contributed by atoms with van der Waals surface area (Å²) in [4.78, 5) is 39.3. The molecular weight excluding hydrogens is 330 g/mol. The summed E-state index contributed by atoms with van der Waals surface area (Å²) < 4.78 is 0. The summed E-state index contributed by atoms with van der Waals surface area (Å²) in [6.45, 7) is 5.35. The van der Waals surface area contributed by atoms with E-state index in [0.29, 0.717) is 24.3 Å². The zero-order valence-electron chi connectivity index (χ0n) is 16.1. The first kappa shape index (κ1) is 20.1. The molecule has 1 atom stereocenters. The highest BCUT2D eigenvalue weighted by atomic mass is 16.2. The predicted molar refractivity (Wildman–Crippen MR) is 100 cm³/mol. The second-order valence-electron chi connectivity index (χ2n) is 7.63. The number of carbonyl (C=O) groups is 3. The summed E-state index contributed by atoms with van der Waals surface area (Å²) in [5, 5.41) is 3.10. The molecule has 142 valence electrons. The van der Waals surface area contributed by atoms with Gasteiger partial charge in [-0.3, -0.25) is 19.3 Å². The fraction of sp³-hybridized carbons (Fsp3) is 0.550. The molecule has 6 nitrogen and oxygen atoms in total. The van der Waals surface area contributed by atoms with Gasteiger partial charge in [0.25, 0.3) is 5.91 Å². The molecule has 0 aliphatic carbocycles. The number of benzene rings is 1. The lowest BCUT2D eigenvalue weighted by molar-refractivity contribution is -0.139. The van der Waals surface area contributed by atoms with Crippen LogP contribution in [0.5, 0.6) is 0 Å². The smallest absolute Gasteiger partial charge is 0.251 e. The first-order valence-electron chi connectivity index (χ1n) is 9.14. The topological polar surface area (TPSA) is 69.7 Å². The largest absolute Gasteiger partial charge is 0.348 e. The van der Waals surface area contributed by atoms with Crippen LogP contribution in [0.25, 0.3) is 0 Å². The van der Waals surface area contributed by atoms with E-state index in [1.807, 2.05) is 14.1 Å². The Morgan fingerprint density at radius 3 is 2.19 bits per heavy atom. The number of hydrogen-bond acceptors (Lipinski definition) is 4. The maximum absolute atomic E-state index is 12.5. The van der Waals surface area contributed by atoms with Gasteiger partial charge in [0.2, 0.25) is 11.8 Å². The van der Waals surface area contributed by atoms with Crippen LogP contribution in [-0.2, 0) is 16.1 Å². The lowest BCUT2D eigenvalue weighted by atomic mass is 10.0. The van der Waals surface area contributed by atoms with Crippen molar-refractivity contribution in [2.45, 2.75) is 45.7 Å². The summed E-state index contributed by atoms with van der Waals surface area (Å²) in [7, 11) is 3.99. The zero-order chi connectivity index (χ0) is 19.3. The van der Waals surface area contributed by atoms with Gasteiger partial charge in [-0.05, 0) is 44.1 Å². The first-order valence-corrected chi connectivity index (χ1v) is 9.14. The Morgan fingerprint density at radius 1 is 1.12 bits per heavy atom. The average Bonchev–Trinajstić information content (AvgIpc) is 2.86. The maximum atomic E-state index is 12.5. The molecule has 3 amide bonds. The second kappa shape index (κ2) is 8.94. The SMILES string of the molecule is CC(C)CC(CN(C)C)NC(=O)c1ccc(CN2C(=O)CCC2=O)cc1. The highest BCUT2D eigenvalue weighted by molar-refractivity contribution is 6.01. The standard InChI is InChI=1S/C20H29N3O3/c1-14(2)11-17(13-22(3)4)21-20(26)16-7-5-15(6-8-16)12-23-18(24)9-10-19(23)25/h5-8,14,17H,9-13H2,1-4H3,(H,21,26). The fourth-order valence-corrected chi connectivity index (χ4v) is 3.20. The Hall–Kier alpha value is -2.21. The van der Waals surface area contributed by atoms with Crippen molar-refractivity contribution in [1.82, 2.24) is 15.1 Å². The molecule has 1 aromatic carbocycles. The highest BCUT2D eigenvalue weighted by Crippen LogP contribution is 2.16. The molecule has 1 aliphatic rings. The van der Waals surface area contributed by atoms with E-state index in [2.05, 4.69) is 24.1 Å². The minimum atomic E-state index is -0.128. The monoisotopic (exact) mass is 359 g/mol. The van der Waals surface area contributed by atoms with E-state index in [4.69, 9.17) is 0 Å². The molecule has 1 heterocycles. The van der Waals surface area contributed by atoms with E-state index < -0.39 is 0 Å². The van der Waals surface area contributed by atoms with E-state index >= 15 is 0 Å². The summed E-state index contributed by atoms with van der Waals surface area (Å²) in [5.74, 6) is 0.143. The normalized spacial score (nSPS) is 15.8. The Morgan fingerprint density at radius 2 is 1.69 bits per heavy atom. The van der Waals surface area contributed by atoms with Gasteiger partial charge in [0.05, 0.1) is 6.54 Å². The van der Waals surface area contributed by atoms with Gasteiger partial charge in [0, 0.05) is 31.0 Å². The van der Waals surface area contributed by atoms with Crippen LogP contribution in [-0.4, -0.2) is 54.2 Å². The van der Waals surface area contributed by atoms with Crippen molar-refractivity contribution in [3.8, 4) is 0 Å². The van der Waals surface area contributed by atoms with Gasteiger partial charge in [-0.2, -0.15) is 0 Å². The van der Waals surface area contributed by atoms with Crippen molar-refractivity contribution in [2.75, 3.05) is 20.6 Å². The van der Waals surface area contributed by atoms with Crippen molar-refractivity contribution in [3.05, 3.63) is 35.4 Å². The van der Waals surface area contributed by atoms with Gasteiger partial charge >= 0.3 is 0 Å². The molecule has 0 spiro atoms. The third-order valence-electron chi connectivity index (χ3n) is 4.39. The van der Waals surface area contributed by atoms with E-state index in [1.165, 1.54) is 4.90 Å². The molecule has 0 aromatic heterocycles. The number of imide groups is 1. The number of nitrogens with one attached hydrogen (secondary N) is 1. The van der Waals surface area contributed by atoms with Crippen molar-refractivity contribution >= 4 is 17.7 Å². The molecule has 1 aliphatic heterocycles. The van der Waals surface area contributed by atoms with Gasteiger partial charge in [-0.15, -0.1) is 0 Å². The highest BCUT2D eigenvalue weighted by Gasteiger charge is 2.28. The van der Waals surface area contributed by atoms with Gasteiger partial charge in [-0.25, -0.2) is 0 Å². The van der Waals surface area contributed by atoms with Crippen LogP contribution in [0.1, 0.15) is 49.0 Å². The summed E-state index contributed by atoms with van der Waals surface area (Å²) in [5.41, 5.74) is 1.43. The Kier molecular flexibility index (Phi) is 6.91. The lowest BCUT2D eigenvalue weighted by Crippen LogP contribution is -2.42. The zero-order valence-corrected chi connectivity index (χ0v) is 16.1. The fourth-order valence-electron chi connectivity index (χ4n) is 3.20. The first-order chi connectivity index (χ1) is 12.3. The maximum Gasteiger partial charge on any atom is 0.251 e. The molecule has 26 heavy (non-hydrogen) atoms. The van der Waals surface area contributed by atoms with Crippen LogP contribution in [0.4, 0.5) is 0 Å². The van der Waals surface area contributed by atoms with E-state index in [1.54, 1.807) is 24.3 Å². The van der Waals surface area contributed by atoms with E-state index in [-0.39, 0.29) is 30.3 Å². The Bertz CT molecular complexity index is 627. The Balaban J connectivity index is 1.98. The van der Waals surface area contributed by atoms with Gasteiger partial charge in [0.1, 0.15) is 0 Å². The molecule has 1 aromatic rings. The van der Waals surface area contributed by atoms with Crippen LogP contribution in [0.2, 0.25) is 0 Å². The molecule has 1 fully saturated rings. The van der Waals surface area contributed by atoms with Crippen molar-refractivity contribution in [2.24, 2.45) is 5.92 Å². The van der Waals surface area contributed by atoms with Crippen molar-refractivity contribution < 1.29 is 14.4 Å². The third kappa shape index (κ3) is 5.66. The molecule has 1 saturated heterocycles. The number of nitrogens with zero attached hydrogens (tertiary/aromatic N) is 2. The predicted octanol–water partition coefficient (Wildman–Crippen LogP) is 2.04. The number of carbonyl (C=O) groups excluding carboxylic acids is 3.